The number of fused-ring (bicyclic) bond motifs is 30. The highest BCUT2D eigenvalue weighted by Crippen LogP contribution is 2.75. The normalized spacial score (nSPS) is 52.1. The van der Waals surface area contributed by atoms with Crippen LogP contribution in [0.5, 0.6) is 0 Å². The third-order valence-corrected chi connectivity index (χ3v) is 54.8. The van der Waals surface area contributed by atoms with Crippen LogP contribution in [0.25, 0.3) is 0 Å². The summed E-state index contributed by atoms with van der Waals surface area (Å²) < 4.78 is 0. The van der Waals surface area contributed by atoms with E-state index in [0.717, 1.165) is 199 Å². The number of aliphatic hydroxyl groups excluding tert-OH is 2. The van der Waals surface area contributed by atoms with E-state index >= 15 is 0 Å². The Morgan fingerprint density at radius 3 is 1.06 bits per heavy atom. The topological polar surface area (TPSA) is 383 Å². The predicted octanol–water partition coefficient (Wildman–Crippen LogP) is 28.0. The molecule has 0 aromatic rings. The Kier molecular flexibility index (Phi) is 39.6. The fraction of sp³-hybridized carbons (Fsp3) is 0.959. The monoisotopic (exact) mass is 2130 g/mol. The molecule has 0 heterocycles. The Morgan fingerprint density at radius 2 is 0.681 bits per heavy atom. The van der Waals surface area contributed by atoms with Crippen molar-refractivity contribution >= 4 is 75.7 Å². The second-order valence-electron chi connectivity index (χ2n) is 58.6. The van der Waals surface area contributed by atoms with Crippen molar-refractivity contribution in [3.05, 3.63) is 11.6 Å². The van der Waals surface area contributed by atoms with Crippen molar-refractivity contribution in [3.8, 4) is 0 Å². The van der Waals surface area contributed by atoms with Crippen molar-refractivity contribution in [3.63, 3.8) is 0 Å². The molecule has 26 N–H and O–H groups in total. The SMILES string of the molecule is CC(=O)CC(O)(CC(=O)O)C(=O)O.CC[C@H]1CC[C@H]2[C@@H]3CC=C4C[C@H]([NH3+])CC[C@]4(C)[C@H]3CC[C@]12C.C[C@@]12CCC[C@H]1[C@@H]1CC[C@H]3C[C@@H](Cl)[C@H](Cl)C[C@]3(C)[C@H]1CC2.C[C@@]12CCC[C@H]1[C@@H]1CC[C@H]3C[C@@H](O)[C@H](Cl)C[C@]3(C)[C@H]1CC2.C[C@@]12CCC[C@H]1[C@@H]1CC[C@H]3C[C@@H]([NH3+])CC[C@]3(C)[C@H]1CC2.C[C@@]12CCC[C@H]1[C@@H]1CC[C@H]3C[C@H](Cl)CC[C@]3(C)[C@H]1CC2.C[C@@]12CCC[C@H]1[C@@H]1CC[C@H]3C[C@H](O)[C@H](Cl)C[C@]3(C)[C@H]1CC2.N.N.N.N.N.[Cl-]. The van der Waals surface area contributed by atoms with Crippen molar-refractivity contribution in [2.45, 2.75) is 526 Å². The molecule has 834 valence electrons. The van der Waals surface area contributed by atoms with Crippen molar-refractivity contribution < 1.29 is 63.8 Å². The first kappa shape index (κ1) is 122. The zero-order chi connectivity index (χ0) is 98.6. The zero-order valence-electron chi connectivity index (χ0n) is 93.8. The van der Waals surface area contributed by atoms with Crippen LogP contribution in [0.15, 0.2) is 11.6 Å². The van der Waals surface area contributed by atoms with Crippen LogP contribution in [-0.2, 0) is 14.4 Å². The van der Waals surface area contributed by atoms with Gasteiger partial charge in [-0.3, -0.25) is 9.59 Å². The van der Waals surface area contributed by atoms with E-state index in [0.29, 0.717) is 71.0 Å². The maximum absolute atomic E-state index is 10.5. The number of hydrogen-bond acceptors (Lipinski definition) is 11. The molecule has 144 heavy (non-hydrogen) atoms. The third kappa shape index (κ3) is 22.3. The molecule has 0 aromatic carbocycles. The lowest BCUT2D eigenvalue weighted by atomic mass is 9.45. The summed E-state index contributed by atoms with van der Waals surface area (Å²) in [7, 11) is 0. The highest BCUT2D eigenvalue weighted by atomic mass is 35.5. The number of carboxylic acids is 2. The maximum Gasteiger partial charge on any atom is 0.336 e. The molecule has 1 unspecified atom stereocenters. The lowest BCUT2D eigenvalue weighted by molar-refractivity contribution is -0.433. The van der Waals surface area contributed by atoms with Crippen molar-refractivity contribution in [1.29, 1.82) is 0 Å². The number of halogens is 6. The first-order valence-electron chi connectivity index (χ1n) is 59.7. The molecule has 0 spiro atoms. The van der Waals surface area contributed by atoms with Crippen LogP contribution in [0, 0.1) is 207 Å². The highest BCUT2D eigenvalue weighted by Gasteiger charge is 2.67. The summed E-state index contributed by atoms with van der Waals surface area (Å²) in [6.07, 6.45) is 79.7. The number of carbonyl (C=O) groups is 3. The van der Waals surface area contributed by atoms with E-state index in [4.69, 9.17) is 68.2 Å². The molecule has 23 fully saturated rings. The van der Waals surface area contributed by atoms with Crippen LogP contribution >= 0.6 is 58.0 Å². The van der Waals surface area contributed by atoms with Crippen molar-refractivity contribution in [2.24, 2.45) is 207 Å². The van der Waals surface area contributed by atoms with E-state index in [1.165, 1.54) is 302 Å². The van der Waals surface area contributed by atoms with Crippen LogP contribution in [0.4, 0.5) is 0 Å². The predicted molar refractivity (Wildman–Crippen MR) is 592 cm³/mol. The number of ketones is 1. The van der Waals surface area contributed by atoms with Gasteiger partial charge in [-0.05, 0) is 516 Å². The van der Waals surface area contributed by atoms with Gasteiger partial charge in [-0.1, -0.05) is 140 Å². The van der Waals surface area contributed by atoms with E-state index in [9.17, 15) is 29.7 Å². The van der Waals surface area contributed by atoms with E-state index < -0.39 is 36.2 Å². The number of Topliss-reactive ketones (excluding diaryl/α,β-unsaturated/α-hetero) is 1. The number of rotatable bonds is 6. The number of allylic oxidation sites excluding steroid dienone is 1. The van der Waals surface area contributed by atoms with Gasteiger partial charge in [0.1, 0.15) is 5.78 Å². The van der Waals surface area contributed by atoms with Crippen LogP contribution in [0.2, 0.25) is 0 Å². The number of carbonyl (C=O) groups excluding carboxylic acids is 1. The molecule has 0 radical (unpaired) electrons. The maximum atomic E-state index is 10.5. The summed E-state index contributed by atoms with van der Waals surface area (Å²) in [5.41, 5.74) is 15.3. The minimum absolute atomic E-state index is 0. The van der Waals surface area contributed by atoms with Gasteiger partial charge in [0.15, 0.2) is 5.60 Å². The van der Waals surface area contributed by atoms with E-state index in [2.05, 4.69) is 108 Å². The van der Waals surface area contributed by atoms with Gasteiger partial charge in [0, 0.05) is 31.1 Å². The molecule has 0 bridgehead atoms. The first-order chi connectivity index (χ1) is 65.1. The molecule has 23 saturated carbocycles. The van der Waals surface area contributed by atoms with Crippen LogP contribution in [0.3, 0.4) is 0 Å². The molecule has 0 aromatic heterocycles. The number of alkyl halides is 5. The number of carboxylic acid groups (broad SMARTS) is 2. The molecule has 21 heteroatoms. The number of hydrogen-bond donors (Lipinski definition) is 12. The number of aliphatic carboxylic acids is 2. The summed E-state index contributed by atoms with van der Waals surface area (Å²) in [6.45, 7) is 34.7. The summed E-state index contributed by atoms with van der Waals surface area (Å²) in [5.74, 6) is 19.4. The smallest absolute Gasteiger partial charge is 0.336 e. The molecule has 46 atom stereocenters. The minimum Gasteiger partial charge on any atom is -1.00 e. The lowest BCUT2D eigenvalue weighted by Gasteiger charge is -2.61. The summed E-state index contributed by atoms with van der Waals surface area (Å²) in [5, 5.41) is 47.2. The Morgan fingerprint density at radius 1 is 0.347 bits per heavy atom. The van der Waals surface area contributed by atoms with Crippen molar-refractivity contribution in [1.82, 2.24) is 30.8 Å². The zero-order valence-corrected chi connectivity index (χ0v) is 98.4. The second kappa shape index (κ2) is 46.7. The van der Waals surface area contributed by atoms with Crippen LogP contribution in [-0.4, -0.2) is 100 Å². The van der Waals surface area contributed by atoms with Gasteiger partial charge in [0.05, 0.1) is 52.2 Å². The Labute approximate surface area is 908 Å². The molecule has 24 rings (SSSR count). The van der Waals surface area contributed by atoms with Gasteiger partial charge in [0.2, 0.25) is 0 Å². The average molecular weight is 2140 g/mol. The van der Waals surface area contributed by atoms with Gasteiger partial charge in [-0.15, -0.1) is 58.0 Å². The third-order valence-electron chi connectivity index (χ3n) is 52.4. The molecule has 24 aliphatic carbocycles. The second-order valence-corrected chi connectivity index (χ2v) is 61.5. The fourth-order valence-corrected chi connectivity index (χ4v) is 46.5. The van der Waals surface area contributed by atoms with Crippen molar-refractivity contribution in [2.75, 3.05) is 0 Å². The molecular weight excluding hydrogens is 1920 g/mol. The lowest BCUT2D eigenvalue weighted by Crippen LogP contribution is -3.00. The largest absolute Gasteiger partial charge is 1.00 e. The molecule has 24 aliphatic rings. The van der Waals surface area contributed by atoms with E-state index in [-0.39, 0.29) is 76.9 Å². The van der Waals surface area contributed by atoms with Crippen LogP contribution < -0.4 is 54.6 Å². The summed E-state index contributed by atoms with van der Waals surface area (Å²) in [6, 6.07) is 1.44. The average Bonchev–Trinajstić information content (AvgIpc) is 1.41. The van der Waals surface area contributed by atoms with Gasteiger partial charge >= 0.3 is 11.9 Å². The van der Waals surface area contributed by atoms with E-state index in [1.54, 1.807) is 24.8 Å². The van der Waals surface area contributed by atoms with Gasteiger partial charge < -0.3 is 80.2 Å². The Hall–Kier alpha value is -0.310. The fourth-order valence-electron chi connectivity index (χ4n) is 44.6. The Balaban J connectivity index is 0.000000149. The molecule has 0 amide bonds. The van der Waals surface area contributed by atoms with Crippen LogP contribution in [0.1, 0.15) is 469 Å². The molecule has 0 saturated heterocycles. The van der Waals surface area contributed by atoms with Gasteiger partial charge in [-0.2, -0.15) is 0 Å². The summed E-state index contributed by atoms with van der Waals surface area (Å²) in [4.78, 5) is 31.1. The quantitative estimate of drug-likeness (QED) is 0.0870. The minimum atomic E-state index is -2.49. The molecule has 0 aliphatic heterocycles. The first-order valence-corrected chi connectivity index (χ1v) is 61.9. The van der Waals surface area contributed by atoms with E-state index in [1.807, 2.05) is 0 Å². The molecule has 15 nitrogen and oxygen atoms in total. The standard InChI is InChI=1S/C21H35N.C19H30Cl2.2C19H31ClO.C19H31Cl.C19H33N.C7H10O6.ClH.5H3N/c1-4-14-6-8-18-17-7-5-15-13-16(22)9-11-21(15,3)19(17)10-12-20(14,18)2;1-18-8-3-4-14(18)13-6-5-12-10-16(20)17(21)11-19(12,2)15(13)7-9-18;2*1-18-8-3-4-14(18)13-6-5-12-10-17(21)16(20)11-19(12,2)15(13)7-9-18;2*1-18-9-3-4-16(18)15-6-5-13-12-14(20)7-11-19(13,2)17(15)8-10-18;1-4(8)2-7(13,6(11)12)3-5(9)10;;;;;;/h5,14,16-19H,4,6-13,22H2,1-3H3;12-17H,3-11H2,1-2H3;2*12-17,21H,3-11H2,1-2H3;13-17H,3-12H2,1-2H3;13-17H,3-12,20H2,1-2H3;13H,2-3H2,1H3,(H,9,10)(H,11,12);1H;5*1H3/p+1/t14-,16+,17-,18-,19-,20+,21-;2*12-,13-,14-,15-,16+,17+,18-,19-;12-,13-,14-,15-,16+,17-,18-,19-;13-,14+,15-,16-,17-,18-,19-;13-,14-,15-,16-,17-,18-,19-;;;;;;;/m000000......./s1. The summed E-state index contributed by atoms with van der Waals surface area (Å²) >= 11 is 32.6. The highest BCUT2D eigenvalue weighted by molar-refractivity contribution is 6.30. The number of aliphatic hydroxyl groups is 3. The number of quaternary nitrogens is 2. The van der Waals surface area contributed by atoms with Gasteiger partial charge in [-0.25, -0.2) is 4.79 Å². The molecular formula is C123H218Cl6N7O8+. The van der Waals surface area contributed by atoms with Gasteiger partial charge in [0.25, 0.3) is 0 Å². The Bertz CT molecular complexity index is 4010.